The van der Waals surface area contributed by atoms with Crippen LogP contribution in [-0.2, 0) is 9.53 Å². The van der Waals surface area contributed by atoms with Gasteiger partial charge in [-0.3, -0.25) is 14.9 Å². The average Bonchev–Trinajstić information content (AvgIpc) is 2.39. The first kappa shape index (κ1) is 14.3. The van der Waals surface area contributed by atoms with E-state index in [-0.39, 0.29) is 18.2 Å². The van der Waals surface area contributed by atoms with E-state index in [1.165, 1.54) is 6.07 Å². The summed E-state index contributed by atoms with van der Waals surface area (Å²) in [5, 5.41) is 19.9. The summed E-state index contributed by atoms with van der Waals surface area (Å²) in [5.74, 6) is -0.910. The third-order valence-corrected chi connectivity index (χ3v) is 3.36. The lowest BCUT2D eigenvalue weighted by atomic mass is 10.1. The number of nitrogens with zero attached hydrogens (tertiary/aromatic N) is 2. The molecule has 0 amide bonds. The number of anilines is 1. The number of carboxylic acid groups (broad SMARTS) is 1. The number of morpholine rings is 1. The Morgan fingerprint density at radius 3 is 3.00 bits per heavy atom. The number of carboxylic acids is 1. The van der Waals surface area contributed by atoms with E-state index in [4.69, 9.17) is 9.84 Å². The molecule has 1 aliphatic heterocycles. The molecular formula is C13H16N2O5. The van der Waals surface area contributed by atoms with Gasteiger partial charge in [-0.25, -0.2) is 0 Å². The molecule has 1 aromatic carbocycles. The molecule has 0 aliphatic carbocycles. The second kappa shape index (κ2) is 5.87. The topological polar surface area (TPSA) is 92.9 Å². The highest BCUT2D eigenvalue weighted by Crippen LogP contribution is 2.28. The van der Waals surface area contributed by atoms with Crippen LogP contribution in [0.2, 0.25) is 0 Å². The molecule has 1 aliphatic rings. The molecule has 1 atom stereocenters. The van der Waals surface area contributed by atoms with Crippen molar-refractivity contribution >= 4 is 17.3 Å². The third kappa shape index (κ3) is 3.05. The van der Waals surface area contributed by atoms with E-state index in [2.05, 4.69) is 0 Å². The van der Waals surface area contributed by atoms with E-state index in [1.807, 2.05) is 4.90 Å². The Morgan fingerprint density at radius 1 is 1.60 bits per heavy atom. The Labute approximate surface area is 115 Å². The van der Waals surface area contributed by atoms with Crippen molar-refractivity contribution in [3.8, 4) is 0 Å². The number of nitro benzene ring substituents is 1. The van der Waals surface area contributed by atoms with Gasteiger partial charge in [0.05, 0.1) is 30.6 Å². The number of hydrogen-bond acceptors (Lipinski definition) is 5. The minimum Gasteiger partial charge on any atom is -0.481 e. The van der Waals surface area contributed by atoms with Crippen molar-refractivity contribution in [3.05, 3.63) is 33.9 Å². The number of rotatable bonds is 4. The summed E-state index contributed by atoms with van der Waals surface area (Å²) >= 11 is 0. The zero-order valence-electron chi connectivity index (χ0n) is 11.1. The molecule has 0 saturated carbocycles. The lowest BCUT2D eigenvalue weighted by molar-refractivity contribution is -0.385. The molecule has 0 aromatic heterocycles. The molecule has 2 rings (SSSR count). The van der Waals surface area contributed by atoms with Crippen LogP contribution in [0.25, 0.3) is 0 Å². The molecule has 7 heteroatoms. The van der Waals surface area contributed by atoms with Gasteiger partial charge in [-0.05, 0) is 13.0 Å². The zero-order valence-corrected chi connectivity index (χ0v) is 11.1. The van der Waals surface area contributed by atoms with Crippen molar-refractivity contribution in [2.24, 2.45) is 0 Å². The van der Waals surface area contributed by atoms with Crippen molar-refractivity contribution in [2.45, 2.75) is 19.4 Å². The van der Waals surface area contributed by atoms with Crippen LogP contribution in [0.1, 0.15) is 12.0 Å². The van der Waals surface area contributed by atoms with E-state index in [0.29, 0.717) is 31.0 Å². The normalized spacial score (nSPS) is 18.9. The quantitative estimate of drug-likeness (QED) is 0.665. The van der Waals surface area contributed by atoms with Crippen LogP contribution in [0.5, 0.6) is 0 Å². The fourth-order valence-electron chi connectivity index (χ4n) is 2.34. The fourth-order valence-corrected chi connectivity index (χ4v) is 2.34. The van der Waals surface area contributed by atoms with Gasteiger partial charge in [-0.15, -0.1) is 0 Å². The zero-order chi connectivity index (χ0) is 14.7. The Balaban J connectivity index is 2.30. The highest BCUT2D eigenvalue weighted by molar-refractivity contribution is 5.69. The van der Waals surface area contributed by atoms with E-state index in [9.17, 15) is 14.9 Å². The van der Waals surface area contributed by atoms with Gasteiger partial charge in [0.2, 0.25) is 0 Å². The number of aryl methyl sites for hydroxylation is 1. The maximum absolute atomic E-state index is 11.0. The number of hydrogen-bond donors (Lipinski definition) is 1. The van der Waals surface area contributed by atoms with E-state index < -0.39 is 10.9 Å². The van der Waals surface area contributed by atoms with Crippen LogP contribution in [-0.4, -0.2) is 41.8 Å². The smallest absolute Gasteiger partial charge is 0.305 e. The molecule has 1 heterocycles. The fraction of sp³-hybridized carbons (Fsp3) is 0.462. The predicted octanol–water partition coefficient (Wildman–Crippen LogP) is 1.58. The van der Waals surface area contributed by atoms with Gasteiger partial charge >= 0.3 is 5.97 Å². The van der Waals surface area contributed by atoms with E-state index in [0.717, 1.165) is 0 Å². The molecule has 1 unspecified atom stereocenters. The van der Waals surface area contributed by atoms with Gasteiger partial charge in [0.15, 0.2) is 0 Å². The van der Waals surface area contributed by atoms with Crippen molar-refractivity contribution < 1.29 is 19.6 Å². The molecule has 0 spiro atoms. The molecular weight excluding hydrogens is 264 g/mol. The molecule has 1 fully saturated rings. The van der Waals surface area contributed by atoms with Crippen LogP contribution < -0.4 is 4.90 Å². The van der Waals surface area contributed by atoms with Crippen LogP contribution in [0.3, 0.4) is 0 Å². The maximum Gasteiger partial charge on any atom is 0.305 e. The second-order valence-corrected chi connectivity index (χ2v) is 4.75. The first-order valence-corrected chi connectivity index (χ1v) is 6.30. The molecule has 7 nitrogen and oxygen atoms in total. The number of benzene rings is 1. The predicted molar refractivity (Wildman–Crippen MR) is 72.0 cm³/mol. The van der Waals surface area contributed by atoms with Gasteiger partial charge in [-0.2, -0.15) is 0 Å². The van der Waals surface area contributed by atoms with Gasteiger partial charge in [-0.1, -0.05) is 6.07 Å². The number of ether oxygens (including phenoxy) is 1. The summed E-state index contributed by atoms with van der Waals surface area (Å²) in [6.07, 6.45) is -0.0539. The summed E-state index contributed by atoms with van der Waals surface area (Å²) in [6, 6.07) is 4.65. The summed E-state index contributed by atoms with van der Waals surface area (Å²) in [7, 11) is 0. The molecule has 108 valence electrons. The highest BCUT2D eigenvalue weighted by Gasteiger charge is 2.26. The van der Waals surface area contributed by atoms with Crippen molar-refractivity contribution in [2.75, 3.05) is 24.7 Å². The Hall–Kier alpha value is -2.15. The molecule has 1 aromatic rings. The highest BCUT2D eigenvalue weighted by atomic mass is 16.6. The summed E-state index contributed by atoms with van der Waals surface area (Å²) in [5.41, 5.74) is 1.29. The third-order valence-electron chi connectivity index (χ3n) is 3.36. The number of nitro groups is 1. The van der Waals surface area contributed by atoms with Gasteiger partial charge in [0.1, 0.15) is 0 Å². The first-order valence-electron chi connectivity index (χ1n) is 6.30. The number of carbonyl (C=O) groups is 1. The SMILES string of the molecule is Cc1ccc(N2CCOCC2CC(=O)O)cc1[N+](=O)[O-]. The molecule has 1 saturated heterocycles. The van der Waals surface area contributed by atoms with Crippen LogP contribution >= 0.6 is 0 Å². The summed E-state index contributed by atoms with van der Waals surface area (Å²) in [6.45, 7) is 3.00. The molecule has 0 radical (unpaired) electrons. The lowest BCUT2D eigenvalue weighted by Gasteiger charge is -2.36. The molecule has 1 N–H and O–H groups in total. The second-order valence-electron chi connectivity index (χ2n) is 4.75. The number of aliphatic carboxylic acids is 1. The maximum atomic E-state index is 11.0. The minimum atomic E-state index is -0.910. The van der Waals surface area contributed by atoms with Gasteiger partial charge < -0.3 is 14.7 Å². The van der Waals surface area contributed by atoms with Crippen LogP contribution in [0.4, 0.5) is 11.4 Å². The lowest BCUT2D eigenvalue weighted by Crippen LogP contribution is -2.46. The van der Waals surface area contributed by atoms with Gasteiger partial charge in [0.25, 0.3) is 5.69 Å². The Morgan fingerprint density at radius 2 is 2.35 bits per heavy atom. The van der Waals surface area contributed by atoms with Crippen LogP contribution in [0.15, 0.2) is 18.2 Å². The average molecular weight is 280 g/mol. The summed E-state index contributed by atoms with van der Waals surface area (Å²) in [4.78, 5) is 23.3. The van der Waals surface area contributed by atoms with Crippen LogP contribution in [0, 0.1) is 17.0 Å². The largest absolute Gasteiger partial charge is 0.481 e. The standard InChI is InChI=1S/C13H16N2O5/c1-9-2-3-10(6-12(9)15(18)19)14-4-5-20-8-11(14)7-13(16)17/h2-3,6,11H,4-5,7-8H2,1H3,(H,16,17). The Kier molecular flexibility index (Phi) is 4.19. The van der Waals surface area contributed by atoms with Crippen molar-refractivity contribution in [1.29, 1.82) is 0 Å². The van der Waals surface area contributed by atoms with Gasteiger partial charge in [0, 0.05) is 23.9 Å². The van der Waals surface area contributed by atoms with Crippen molar-refractivity contribution in [1.82, 2.24) is 0 Å². The van der Waals surface area contributed by atoms with E-state index >= 15 is 0 Å². The van der Waals surface area contributed by atoms with E-state index in [1.54, 1.807) is 19.1 Å². The minimum absolute atomic E-state index is 0.0445. The Bertz CT molecular complexity index is 531. The first-order chi connectivity index (χ1) is 9.49. The molecule has 0 bridgehead atoms. The monoisotopic (exact) mass is 280 g/mol. The molecule has 20 heavy (non-hydrogen) atoms. The van der Waals surface area contributed by atoms with Crippen molar-refractivity contribution in [3.63, 3.8) is 0 Å². The summed E-state index contributed by atoms with van der Waals surface area (Å²) < 4.78 is 5.30.